The summed E-state index contributed by atoms with van der Waals surface area (Å²) in [7, 11) is 0. The van der Waals surface area contributed by atoms with Crippen molar-refractivity contribution in [3.8, 4) is 11.5 Å². The molecule has 10 heteroatoms. The highest BCUT2D eigenvalue weighted by Crippen LogP contribution is 2.39. The molecule has 0 unspecified atom stereocenters. The number of anilines is 1. The molecule has 0 saturated carbocycles. The summed E-state index contributed by atoms with van der Waals surface area (Å²) in [5.41, 5.74) is 4.13. The second-order valence-corrected chi connectivity index (χ2v) is 9.01. The molecule has 39 heavy (non-hydrogen) atoms. The van der Waals surface area contributed by atoms with Gasteiger partial charge >= 0.3 is 5.97 Å². The monoisotopic (exact) mass is 523 g/mol. The summed E-state index contributed by atoms with van der Waals surface area (Å²) >= 11 is 0. The van der Waals surface area contributed by atoms with Crippen LogP contribution in [0.25, 0.3) is 22.6 Å². The van der Waals surface area contributed by atoms with Crippen LogP contribution in [0.15, 0.2) is 66.7 Å². The second-order valence-electron chi connectivity index (χ2n) is 9.01. The van der Waals surface area contributed by atoms with Crippen LogP contribution in [0, 0.1) is 10.1 Å². The number of amides is 1. The SMILES string of the molecule is O=C(COC(=O)c1c2c(nc3ccccc13)/C(=C/c1ccc3c(c1)OCO3)CC2)Nc1ccccc1[N+](=O)[O-]. The number of aromatic nitrogens is 1. The molecule has 10 nitrogen and oxygen atoms in total. The van der Waals surface area contributed by atoms with Gasteiger partial charge in [0.2, 0.25) is 6.79 Å². The average molecular weight is 524 g/mol. The van der Waals surface area contributed by atoms with Crippen LogP contribution in [0.4, 0.5) is 11.4 Å². The number of ether oxygens (including phenoxy) is 3. The van der Waals surface area contributed by atoms with Crippen molar-refractivity contribution in [1.29, 1.82) is 0 Å². The standard InChI is InChI=1S/C29H21N3O7/c33-26(30-22-7-3-4-8-23(22)32(35)36)15-37-29(34)27-19-5-1-2-6-21(19)31-28-18(10-11-20(27)28)13-17-9-12-24-25(14-17)39-16-38-24/h1-9,12-14H,10-11,15-16H2,(H,30,33)/b18-13+. The predicted octanol–water partition coefficient (Wildman–Crippen LogP) is 5.15. The molecule has 1 aliphatic carbocycles. The number of rotatable bonds is 6. The molecule has 0 atom stereocenters. The van der Waals surface area contributed by atoms with Gasteiger partial charge in [-0.1, -0.05) is 36.4 Å². The zero-order valence-corrected chi connectivity index (χ0v) is 20.5. The summed E-state index contributed by atoms with van der Waals surface area (Å²) in [5.74, 6) is 0.0318. The summed E-state index contributed by atoms with van der Waals surface area (Å²) in [6.45, 7) is -0.409. The number of carbonyl (C=O) groups is 2. The lowest BCUT2D eigenvalue weighted by molar-refractivity contribution is -0.383. The summed E-state index contributed by atoms with van der Waals surface area (Å²) in [4.78, 5) is 41.3. The topological polar surface area (TPSA) is 130 Å². The number of nitro benzene ring substituents is 1. The molecule has 2 heterocycles. The molecular weight excluding hydrogens is 502 g/mol. The van der Waals surface area contributed by atoms with E-state index in [1.54, 1.807) is 12.1 Å². The number of nitro groups is 1. The second kappa shape index (κ2) is 9.90. The minimum absolute atomic E-state index is 0.0251. The Morgan fingerprint density at radius 3 is 2.69 bits per heavy atom. The molecule has 1 N–H and O–H groups in total. The Balaban J connectivity index is 1.28. The molecule has 0 fully saturated rings. The van der Waals surface area contributed by atoms with Gasteiger partial charge in [0.05, 0.1) is 21.7 Å². The third kappa shape index (κ3) is 4.63. The number of esters is 1. The molecule has 3 aromatic carbocycles. The fourth-order valence-corrected chi connectivity index (χ4v) is 4.84. The highest BCUT2D eigenvalue weighted by atomic mass is 16.7. The van der Waals surface area contributed by atoms with Gasteiger partial charge in [0.25, 0.3) is 11.6 Å². The zero-order valence-electron chi connectivity index (χ0n) is 20.5. The lowest BCUT2D eigenvalue weighted by Gasteiger charge is -2.12. The Bertz CT molecular complexity index is 1700. The summed E-state index contributed by atoms with van der Waals surface area (Å²) in [6, 6.07) is 18.7. The molecule has 1 amide bonds. The van der Waals surface area contributed by atoms with E-state index in [0.29, 0.717) is 46.5 Å². The van der Waals surface area contributed by atoms with Gasteiger partial charge in [-0.25, -0.2) is 9.78 Å². The summed E-state index contributed by atoms with van der Waals surface area (Å²) < 4.78 is 16.3. The number of nitrogens with one attached hydrogen (secondary N) is 1. The Morgan fingerprint density at radius 2 is 1.82 bits per heavy atom. The zero-order chi connectivity index (χ0) is 26.9. The van der Waals surface area contributed by atoms with E-state index in [0.717, 1.165) is 16.7 Å². The Hall–Kier alpha value is -5.25. The molecule has 194 valence electrons. The average Bonchev–Trinajstić information content (AvgIpc) is 3.57. The van der Waals surface area contributed by atoms with E-state index < -0.39 is 23.4 Å². The van der Waals surface area contributed by atoms with Crippen LogP contribution < -0.4 is 14.8 Å². The molecule has 4 aromatic rings. The molecule has 6 rings (SSSR count). The maximum Gasteiger partial charge on any atom is 0.339 e. The summed E-state index contributed by atoms with van der Waals surface area (Å²) in [5, 5.41) is 14.3. The number of hydrogen-bond acceptors (Lipinski definition) is 8. The normalized spacial score (nSPS) is 14.3. The minimum Gasteiger partial charge on any atom is -0.454 e. The van der Waals surface area contributed by atoms with E-state index in [4.69, 9.17) is 19.2 Å². The summed E-state index contributed by atoms with van der Waals surface area (Å²) in [6.07, 6.45) is 3.27. The lowest BCUT2D eigenvalue weighted by Crippen LogP contribution is -2.22. The Morgan fingerprint density at radius 1 is 1.03 bits per heavy atom. The van der Waals surface area contributed by atoms with Crippen LogP contribution >= 0.6 is 0 Å². The van der Waals surface area contributed by atoms with E-state index in [1.165, 1.54) is 18.2 Å². The highest BCUT2D eigenvalue weighted by molar-refractivity contribution is 6.08. The van der Waals surface area contributed by atoms with Crippen molar-refractivity contribution in [3.05, 3.63) is 99.2 Å². The first-order valence-corrected chi connectivity index (χ1v) is 12.2. The van der Waals surface area contributed by atoms with Gasteiger partial charge in [-0.2, -0.15) is 0 Å². The van der Waals surface area contributed by atoms with E-state index in [9.17, 15) is 19.7 Å². The van der Waals surface area contributed by atoms with Crippen molar-refractivity contribution in [2.24, 2.45) is 0 Å². The smallest absolute Gasteiger partial charge is 0.339 e. The van der Waals surface area contributed by atoms with Crippen LogP contribution in [0.3, 0.4) is 0 Å². The Kier molecular flexibility index (Phi) is 6.12. The molecule has 1 aromatic heterocycles. The van der Waals surface area contributed by atoms with Gasteiger partial charge in [0, 0.05) is 11.5 Å². The van der Waals surface area contributed by atoms with Crippen LogP contribution in [0.5, 0.6) is 11.5 Å². The fourth-order valence-electron chi connectivity index (χ4n) is 4.84. The highest BCUT2D eigenvalue weighted by Gasteiger charge is 2.28. The van der Waals surface area contributed by atoms with Gasteiger partial charge in [-0.05, 0) is 59.9 Å². The number of fused-ring (bicyclic) bond motifs is 3. The van der Waals surface area contributed by atoms with Crippen molar-refractivity contribution in [2.75, 3.05) is 18.7 Å². The van der Waals surface area contributed by atoms with Crippen molar-refractivity contribution in [3.63, 3.8) is 0 Å². The molecule has 1 aliphatic heterocycles. The number of para-hydroxylation sites is 3. The maximum absolute atomic E-state index is 13.4. The van der Waals surface area contributed by atoms with Gasteiger partial charge in [-0.3, -0.25) is 14.9 Å². The first kappa shape index (κ1) is 24.1. The van der Waals surface area contributed by atoms with Crippen LogP contribution in [0.2, 0.25) is 0 Å². The van der Waals surface area contributed by atoms with Gasteiger partial charge in [0.15, 0.2) is 18.1 Å². The number of carbonyl (C=O) groups excluding carboxylic acids is 2. The van der Waals surface area contributed by atoms with Gasteiger partial charge in [-0.15, -0.1) is 0 Å². The third-order valence-corrected chi connectivity index (χ3v) is 6.59. The maximum atomic E-state index is 13.4. The van der Waals surface area contributed by atoms with Crippen LogP contribution in [-0.4, -0.2) is 35.2 Å². The molecular formula is C29H21N3O7. The molecule has 0 bridgehead atoms. The van der Waals surface area contributed by atoms with Crippen molar-refractivity contribution >= 4 is 45.8 Å². The Labute approximate surface area is 222 Å². The first-order valence-electron chi connectivity index (χ1n) is 12.2. The van der Waals surface area contributed by atoms with E-state index in [-0.39, 0.29) is 18.2 Å². The molecule has 2 aliphatic rings. The van der Waals surface area contributed by atoms with Crippen molar-refractivity contribution in [1.82, 2.24) is 4.98 Å². The fraction of sp³-hybridized carbons (Fsp3) is 0.138. The van der Waals surface area contributed by atoms with E-state index in [2.05, 4.69) is 5.32 Å². The van der Waals surface area contributed by atoms with Crippen molar-refractivity contribution < 1.29 is 28.7 Å². The first-order chi connectivity index (χ1) is 19.0. The number of allylic oxidation sites excluding steroid dienone is 1. The van der Waals surface area contributed by atoms with E-state index >= 15 is 0 Å². The van der Waals surface area contributed by atoms with Crippen LogP contribution in [-0.2, 0) is 16.0 Å². The minimum atomic E-state index is -0.684. The largest absolute Gasteiger partial charge is 0.454 e. The van der Waals surface area contributed by atoms with Gasteiger partial charge in [0.1, 0.15) is 5.69 Å². The van der Waals surface area contributed by atoms with Crippen LogP contribution in [0.1, 0.15) is 33.6 Å². The third-order valence-electron chi connectivity index (χ3n) is 6.59. The molecule has 0 saturated heterocycles. The molecule has 0 radical (unpaired) electrons. The quantitative estimate of drug-likeness (QED) is 0.209. The number of pyridine rings is 1. The number of benzene rings is 3. The van der Waals surface area contributed by atoms with Gasteiger partial charge < -0.3 is 19.5 Å². The van der Waals surface area contributed by atoms with Crippen molar-refractivity contribution in [2.45, 2.75) is 12.8 Å². The lowest BCUT2D eigenvalue weighted by atomic mass is 10.0. The molecule has 0 spiro atoms. The number of nitrogens with zero attached hydrogens (tertiary/aromatic N) is 2. The van der Waals surface area contributed by atoms with E-state index in [1.807, 2.05) is 42.5 Å². The predicted molar refractivity (Wildman–Crippen MR) is 143 cm³/mol. The number of hydrogen-bond donors (Lipinski definition) is 1.